The Morgan fingerprint density at radius 3 is 2.46 bits per heavy atom. The summed E-state index contributed by atoms with van der Waals surface area (Å²) in [6, 6.07) is 0. The van der Waals surface area contributed by atoms with E-state index in [2.05, 4.69) is 18.7 Å². The van der Waals surface area contributed by atoms with E-state index in [4.69, 9.17) is 9.47 Å². The standard InChI is InChI=1S/C10H21NO2/c1-8(2)10(3)12-7-9(13-10)6-11(4)5/h8-9H,6-7H2,1-5H3. The van der Waals surface area contributed by atoms with Gasteiger partial charge in [0.25, 0.3) is 0 Å². The van der Waals surface area contributed by atoms with Crippen molar-refractivity contribution in [2.24, 2.45) is 5.92 Å². The van der Waals surface area contributed by atoms with E-state index in [-0.39, 0.29) is 11.9 Å². The van der Waals surface area contributed by atoms with E-state index in [0.29, 0.717) is 12.5 Å². The van der Waals surface area contributed by atoms with E-state index < -0.39 is 0 Å². The molecule has 1 fully saturated rings. The highest BCUT2D eigenvalue weighted by molar-refractivity contribution is 4.78. The summed E-state index contributed by atoms with van der Waals surface area (Å²) in [6.45, 7) is 7.92. The van der Waals surface area contributed by atoms with Gasteiger partial charge in [-0.15, -0.1) is 0 Å². The molecule has 0 saturated carbocycles. The predicted molar refractivity (Wildman–Crippen MR) is 52.6 cm³/mol. The maximum absolute atomic E-state index is 5.86. The zero-order chi connectivity index (χ0) is 10.1. The number of hydrogen-bond donors (Lipinski definition) is 0. The minimum atomic E-state index is -0.374. The first kappa shape index (κ1) is 11.0. The Hall–Kier alpha value is -0.120. The highest BCUT2D eigenvalue weighted by Gasteiger charge is 2.39. The summed E-state index contributed by atoms with van der Waals surface area (Å²) in [5.74, 6) is 0.0281. The van der Waals surface area contributed by atoms with Gasteiger partial charge in [0.2, 0.25) is 0 Å². The molecule has 0 radical (unpaired) electrons. The topological polar surface area (TPSA) is 21.7 Å². The van der Waals surface area contributed by atoms with Gasteiger partial charge in [-0.1, -0.05) is 13.8 Å². The fourth-order valence-corrected chi connectivity index (χ4v) is 1.46. The minimum Gasteiger partial charge on any atom is -0.347 e. The first-order valence-corrected chi connectivity index (χ1v) is 4.90. The van der Waals surface area contributed by atoms with Crippen LogP contribution < -0.4 is 0 Å². The maximum Gasteiger partial charge on any atom is 0.168 e. The lowest BCUT2D eigenvalue weighted by Crippen LogP contribution is -2.35. The number of nitrogens with zero attached hydrogens (tertiary/aromatic N) is 1. The van der Waals surface area contributed by atoms with E-state index in [0.717, 1.165) is 6.54 Å². The average molecular weight is 187 g/mol. The Morgan fingerprint density at radius 2 is 2.08 bits per heavy atom. The van der Waals surface area contributed by atoms with Crippen molar-refractivity contribution in [2.75, 3.05) is 27.2 Å². The molecule has 0 amide bonds. The molecule has 0 aromatic heterocycles. The zero-order valence-electron chi connectivity index (χ0n) is 9.33. The van der Waals surface area contributed by atoms with Crippen molar-refractivity contribution in [3.63, 3.8) is 0 Å². The largest absolute Gasteiger partial charge is 0.347 e. The number of likely N-dealkylation sites (N-methyl/N-ethyl adjacent to an activating group) is 1. The van der Waals surface area contributed by atoms with Crippen LogP contribution >= 0.6 is 0 Å². The quantitative estimate of drug-likeness (QED) is 0.665. The Bertz CT molecular complexity index is 170. The van der Waals surface area contributed by atoms with Gasteiger partial charge in [0.05, 0.1) is 12.7 Å². The Labute approximate surface area is 81.0 Å². The predicted octanol–water partition coefficient (Wildman–Crippen LogP) is 1.34. The van der Waals surface area contributed by atoms with Gasteiger partial charge in [0, 0.05) is 12.5 Å². The van der Waals surface area contributed by atoms with Crippen LogP contribution in [0.4, 0.5) is 0 Å². The summed E-state index contributed by atoms with van der Waals surface area (Å²) < 4.78 is 11.5. The van der Waals surface area contributed by atoms with Gasteiger partial charge in [0.15, 0.2) is 5.79 Å². The van der Waals surface area contributed by atoms with Gasteiger partial charge in [0.1, 0.15) is 0 Å². The Balaban J connectivity index is 2.44. The van der Waals surface area contributed by atoms with Crippen molar-refractivity contribution < 1.29 is 9.47 Å². The summed E-state index contributed by atoms with van der Waals surface area (Å²) in [5.41, 5.74) is 0. The molecule has 0 N–H and O–H groups in total. The molecule has 0 aromatic carbocycles. The van der Waals surface area contributed by atoms with Crippen LogP contribution in [0.3, 0.4) is 0 Å². The molecule has 2 atom stereocenters. The lowest BCUT2D eigenvalue weighted by atomic mass is 10.1. The molecule has 3 heteroatoms. The fraction of sp³-hybridized carbons (Fsp3) is 1.00. The van der Waals surface area contributed by atoms with E-state index in [9.17, 15) is 0 Å². The van der Waals surface area contributed by atoms with Gasteiger partial charge in [-0.25, -0.2) is 0 Å². The molecule has 1 aliphatic rings. The molecule has 1 heterocycles. The molecule has 0 bridgehead atoms. The number of hydrogen-bond acceptors (Lipinski definition) is 3. The molecule has 1 saturated heterocycles. The van der Waals surface area contributed by atoms with Crippen LogP contribution in [0.2, 0.25) is 0 Å². The van der Waals surface area contributed by atoms with Gasteiger partial charge >= 0.3 is 0 Å². The second-order valence-electron chi connectivity index (χ2n) is 4.48. The zero-order valence-corrected chi connectivity index (χ0v) is 9.33. The van der Waals surface area contributed by atoms with Crippen molar-refractivity contribution in [2.45, 2.75) is 32.7 Å². The van der Waals surface area contributed by atoms with Gasteiger partial charge in [-0.3, -0.25) is 0 Å². The van der Waals surface area contributed by atoms with E-state index >= 15 is 0 Å². The molecule has 0 aliphatic carbocycles. The first-order chi connectivity index (χ1) is 5.94. The monoisotopic (exact) mass is 187 g/mol. The van der Waals surface area contributed by atoms with Gasteiger partial charge < -0.3 is 14.4 Å². The van der Waals surface area contributed by atoms with Crippen molar-refractivity contribution in [1.82, 2.24) is 4.90 Å². The lowest BCUT2D eigenvalue weighted by molar-refractivity contribution is -0.184. The molecule has 2 unspecified atom stereocenters. The lowest BCUT2D eigenvalue weighted by Gasteiger charge is -2.27. The van der Waals surface area contributed by atoms with Crippen LogP contribution in [0.25, 0.3) is 0 Å². The highest BCUT2D eigenvalue weighted by atomic mass is 16.7. The second kappa shape index (κ2) is 3.95. The second-order valence-corrected chi connectivity index (χ2v) is 4.48. The van der Waals surface area contributed by atoms with Crippen molar-refractivity contribution in [3.8, 4) is 0 Å². The van der Waals surface area contributed by atoms with Crippen molar-refractivity contribution in [1.29, 1.82) is 0 Å². The normalized spacial score (nSPS) is 34.8. The molecular formula is C10H21NO2. The van der Waals surface area contributed by atoms with Crippen LogP contribution in [0.5, 0.6) is 0 Å². The fourth-order valence-electron chi connectivity index (χ4n) is 1.46. The third-order valence-corrected chi connectivity index (χ3v) is 2.57. The summed E-state index contributed by atoms with van der Waals surface area (Å²) in [4.78, 5) is 2.13. The molecule has 78 valence electrons. The SMILES string of the molecule is CC(C)C1(C)OCC(CN(C)C)O1. The maximum atomic E-state index is 5.86. The molecule has 1 rings (SSSR count). The van der Waals surface area contributed by atoms with Gasteiger partial charge in [-0.05, 0) is 21.0 Å². The number of ether oxygens (including phenoxy) is 2. The van der Waals surface area contributed by atoms with Crippen molar-refractivity contribution >= 4 is 0 Å². The van der Waals surface area contributed by atoms with Crippen LogP contribution in [0.15, 0.2) is 0 Å². The van der Waals surface area contributed by atoms with Gasteiger partial charge in [-0.2, -0.15) is 0 Å². The van der Waals surface area contributed by atoms with E-state index in [1.165, 1.54) is 0 Å². The average Bonchev–Trinajstić information content (AvgIpc) is 2.32. The summed E-state index contributed by atoms with van der Waals surface area (Å²) in [7, 11) is 4.10. The highest BCUT2D eigenvalue weighted by Crippen LogP contribution is 2.30. The minimum absolute atomic E-state index is 0.224. The summed E-state index contributed by atoms with van der Waals surface area (Å²) >= 11 is 0. The molecule has 3 nitrogen and oxygen atoms in total. The molecular weight excluding hydrogens is 166 g/mol. The third kappa shape index (κ3) is 2.66. The van der Waals surface area contributed by atoms with E-state index in [1.54, 1.807) is 0 Å². The van der Waals surface area contributed by atoms with Crippen molar-refractivity contribution in [3.05, 3.63) is 0 Å². The molecule has 1 aliphatic heterocycles. The number of rotatable bonds is 3. The Kier molecular flexibility index (Phi) is 3.33. The summed E-state index contributed by atoms with van der Waals surface area (Å²) in [6.07, 6.45) is 0.224. The van der Waals surface area contributed by atoms with Crippen LogP contribution in [-0.4, -0.2) is 44.0 Å². The van der Waals surface area contributed by atoms with E-state index in [1.807, 2.05) is 21.0 Å². The van der Waals surface area contributed by atoms with Crippen LogP contribution in [-0.2, 0) is 9.47 Å². The Morgan fingerprint density at radius 1 is 1.46 bits per heavy atom. The smallest absolute Gasteiger partial charge is 0.168 e. The molecule has 0 spiro atoms. The third-order valence-electron chi connectivity index (χ3n) is 2.57. The molecule has 13 heavy (non-hydrogen) atoms. The first-order valence-electron chi connectivity index (χ1n) is 4.90. The van der Waals surface area contributed by atoms with Crippen LogP contribution in [0, 0.1) is 5.92 Å². The molecule has 0 aromatic rings. The summed E-state index contributed by atoms with van der Waals surface area (Å²) in [5, 5.41) is 0. The van der Waals surface area contributed by atoms with Crippen LogP contribution in [0.1, 0.15) is 20.8 Å².